The molecule has 1 aromatic heterocycles. The van der Waals surface area contributed by atoms with Crippen molar-refractivity contribution in [2.24, 2.45) is 4.99 Å². The average molecular weight is 269 g/mol. The third kappa shape index (κ3) is 4.47. The minimum absolute atomic E-state index is 0.0154. The number of H-pyrrole nitrogens is 1. The summed E-state index contributed by atoms with van der Waals surface area (Å²) in [6.45, 7) is 1.84. The van der Waals surface area contributed by atoms with E-state index in [1.807, 2.05) is 5.48 Å². The van der Waals surface area contributed by atoms with Gasteiger partial charge in [-0.2, -0.15) is 0 Å². The number of hydroxylamine groups is 1. The summed E-state index contributed by atoms with van der Waals surface area (Å²) in [5.74, 6) is -0.343. The van der Waals surface area contributed by atoms with Gasteiger partial charge in [-0.3, -0.25) is 30.6 Å². The maximum atomic E-state index is 11.8. The Balaban J connectivity index is 2.55. The molecule has 0 spiro atoms. The second kappa shape index (κ2) is 7.21. The van der Waals surface area contributed by atoms with Crippen LogP contribution in [0.1, 0.15) is 30.4 Å². The van der Waals surface area contributed by atoms with Crippen LogP contribution < -0.4 is 5.48 Å². The van der Waals surface area contributed by atoms with Crippen LogP contribution in [0, 0.1) is 10.1 Å². The van der Waals surface area contributed by atoms with Gasteiger partial charge in [-0.05, 0) is 13.3 Å². The van der Waals surface area contributed by atoms with Crippen LogP contribution in [0.2, 0.25) is 0 Å². The maximum Gasteiger partial charge on any atom is 0.278 e. The van der Waals surface area contributed by atoms with Gasteiger partial charge in [-0.1, -0.05) is 0 Å². The highest BCUT2D eigenvalue weighted by Crippen LogP contribution is 2.08. The lowest BCUT2D eigenvalue weighted by Gasteiger charge is -2.06. The predicted octanol–water partition coefficient (Wildman–Crippen LogP) is 0.415. The summed E-state index contributed by atoms with van der Waals surface area (Å²) >= 11 is 0. The molecule has 0 aromatic carbocycles. The highest BCUT2D eigenvalue weighted by molar-refractivity contribution is 5.95. The third-order valence-corrected chi connectivity index (χ3v) is 2.44. The number of Topliss-reactive ketones (excluding diaryl/α,β-unsaturated/α-hetero) is 1. The zero-order valence-electron chi connectivity index (χ0n) is 10.4. The Morgan fingerprint density at radius 3 is 3.00 bits per heavy atom. The predicted molar refractivity (Wildman–Crippen MR) is 65.8 cm³/mol. The Bertz CT molecular complexity index is 456. The van der Waals surface area contributed by atoms with Crippen LogP contribution in [0.15, 0.2) is 17.4 Å². The van der Waals surface area contributed by atoms with Crippen molar-refractivity contribution in [3.63, 3.8) is 0 Å². The lowest BCUT2D eigenvalue weighted by atomic mass is 10.1. The minimum Gasteiger partial charge on any atom is -0.342 e. The molecule has 1 heterocycles. The molecule has 1 rings (SSSR count). The van der Waals surface area contributed by atoms with Crippen molar-refractivity contribution in [3.8, 4) is 0 Å². The number of nitrogens with one attached hydrogen (secondary N) is 2. The highest BCUT2D eigenvalue weighted by atomic mass is 16.6. The summed E-state index contributed by atoms with van der Waals surface area (Å²) in [5, 5.41) is 19.4. The van der Waals surface area contributed by atoms with Crippen molar-refractivity contribution in [2.45, 2.75) is 25.8 Å². The minimum atomic E-state index is -1.33. The van der Waals surface area contributed by atoms with Gasteiger partial charge in [0, 0.05) is 30.3 Å². The molecule has 0 bridgehead atoms. The molecule has 0 aliphatic heterocycles. The van der Waals surface area contributed by atoms with Crippen LogP contribution in [-0.4, -0.2) is 44.3 Å². The molecule has 3 N–H and O–H groups in total. The number of aromatic nitrogens is 2. The van der Waals surface area contributed by atoms with Gasteiger partial charge in [0.2, 0.25) is 0 Å². The molecule has 104 valence electrons. The maximum absolute atomic E-state index is 11.8. The van der Waals surface area contributed by atoms with Crippen molar-refractivity contribution < 1.29 is 14.9 Å². The van der Waals surface area contributed by atoms with Gasteiger partial charge in [0.15, 0.2) is 5.82 Å². The molecule has 0 saturated heterocycles. The molecular formula is C10H15N5O4. The van der Waals surface area contributed by atoms with E-state index in [1.165, 1.54) is 12.4 Å². The number of nitrogens with zero attached hydrogens (tertiary/aromatic N) is 3. The van der Waals surface area contributed by atoms with Gasteiger partial charge in [0.1, 0.15) is 5.84 Å². The standard InChI is InChI=1S/C10H15N5O4/c1-7(14-17)11-4-2-3-8(15(18)19)9(16)10-12-5-6-13-10/h5-6,8,17H,2-4H2,1H3,(H,11,14)(H,12,13). The monoisotopic (exact) mass is 269 g/mol. The summed E-state index contributed by atoms with van der Waals surface area (Å²) in [6.07, 6.45) is 3.22. The van der Waals surface area contributed by atoms with Gasteiger partial charge in [0.05, 0.1) is 0 Å². The van der Waals surface area contributed by atoms with Crippen LogP contribution in [0.5, 0.6) is 0 Å². The Morgan fingerprint density at radius 2 is 2.47 bits per heavy atom. The van der Waals surface area contributed by atoms with Gasteiger partial charge in [-0.25, -0.2) is 4.98 Å². The second-order valence-corrected chi connectivity index (χ2v) is 3.82. The van der Waals surface area contributed by atoms with Crippen LogP contribution in [0.4, 0.5) is 0 Å². The first-order valence-corrected chi connectivity index (χ1v) is 5.64. The number of hydrogen-bond donors (Lipinski definition) is 3. The smallest absolute Gasteiger partial charge is 0.278 e. The van der Waals surface area contributed by atoms with E-state index < -0.39 is 16.7 Å². The molecule has 1 atom stereocenters. The topological polar surface area (TPSA) is 134 Å². The molecule has 0 aliphatic carbocycles. The van der Waals surface area contributed by atoms with Crippen molar-refractivity contribution in [2.75, 3.05) is 6.54 Å². The Hall–Kier alpha value is -2.29. The fourth-order valence-corrected chi connectivity index (χ4v) is 1.46. The number of rotatable bonds is 7. The zero-order valence-corrected chi connectivity index (χ0v) is 10.4. The van der Waals surface area contributed by atoms with E-state index >= 15 is 0 Å². The molecule has 0 radical (unpaired) electrons. The molecule has 9 heteroatoms. The molecule has 0 fully saturated rings. The molecule has 1 aromatic rings. The van der Waals surface area contributed by atoms with Gasteiger partial charge >= 0.3 is 0 Å². The molecule has 1 unspecified atom stereocenters. The Kier molecular flexibility index (Phi) is 5.61. The molecule has 0 saturated carbocycles. The number of aliphatic imine (C=N–C) groups is 1. The van der Waals surface area contributed by atoms with Crippen LogP contribution >= 0.6 is 0 Å². The zero-order chi connectivity index (χ0) is 14.3. The second-order valence-electron chi connectivity index (χ2n) is 3.82. The summed E-state index contributed by atoms with van der Waals surface area (Å²) in [4.78, 5) is 32.2. The van der Waals surface area contributed by atoms with E-state index in [0.29, 0.717) is 12.3 Å². The fourth-order valence-electron chi connectivity index (χ4n) is 1.46. The first kappa shape index (κ1) is 14.8. The number of ketones is 1. The van der Waals surface area contributed by atoms with Crippen molar-refractivity contribution in [3.05, 3.63) is 28.3 Å². The lowest BCUT2D eigenvalue weighted by molar-refractivity contribution is -0.506. The number of aromatic amines is 1. The van der Waals surface area contributed by atoms with E-state index in [9.17, 15) is 14.9 Å². The number of amidine groups is 1. The first-order valence-electron chi connectivity index (χ1n) is 5.64. The summed E-state index contributed by atoms with van der Waals surface area (Å²) in [5.41, 5.74) is 1.86. The quantitative estimate of drug-likeness (QED) is 0.164. The summed E-state index contributed by atoms with van der Waals surface area (Å²) in [6, 6.07) is -1.33. The summed E-state index contributed by atoms with van der Waals surface area (Å²) < 4.78 is 0. The largest absolute Gasteiger partial charge is 0.342 e. The Labute approximate surface area is 108 Å². The van der Waals surface area contributed by atoms with E-state index in [4.69, 9.17) is 5.21 Å². The normalized spacial score (nSPS) is 13.1. The van der Waals surface area contributed by atoms with Crippen LogP contribution in [0.3, 0.4) is 0 Å². The molecule has 0 aliphatic rings. The van der Waals surface area contributed by atoms with Crippen LogP contribution in [0.25, 0.3) is 0 Å². The number of carbonyl (C=O) groups excluding carboxylic acids is 1. The molecule has 0 amide bonds. The molecular weight excluding hydrogens is 254 g/mol. The van der Waals surface area contributed by atoms with Crippen molar-refractivity contribution in [1.29, 1.82) is 0 Å². The third-order valence-electron chi connectivity index (χ3n) is 2.44. The van der Waals surface area contributed by atoms with E-state index in [0.717, 1.165) is 0 Å². The van der Waals surface area contributed by atoms with Gasteiger partial charge < -0.3 is 4.98 Å². The molecule has 19 heavy (non-hydrogen) atoms. The van der Waals surface area contributed by atoms with E-state index in [1.54, 1.807) is 6.92 Å². The van der Waals surface area contributed by atoms with E-state index in [-0.39, 0.29) is 18.8 Å². The van der Waals surface area contributed by atoms with Crippen LogP contribution in [-0.2, 0) is 0 Å². The van der Waals surface area contributed by atoms with Gasteiger partial charge in [-0.15, -0.1) is 0 Å². The number of hydrogen-bond acceptors (Lipinski definition) is 6. The van der Waals surface area contributed by atoms with Gasteiger partial charge in [0.25, 0.3) is 11.8 Å². The van der Waals surface area contributed by atoms with Crippen molar-refractivity contribution in [1.82, 2.24) is 15.4 Å². The SMILES string of the molecule is CC(=NCCCC(C(=O)c1ncc[nH]1)[N+](=O)[O-])NO. The summed E-state index contributed by atoms with van der Waals surface area (Å²) in [7, 11) is 0. The number of nitro groups is 1. The van der Waals surface area contributed by atoms with E-state index in [2.05, 4.69) is 15.0 Å². The average Bonchev–Trinajstić information content (AvgIpc) is 2.91. The fraction of sp³-hybridized carbons (Fsp3) is 0.500. The first-order chi connectivity index (χ1) is 9.06. The Morgan fingerprint density at radius 1 is 1.74 bits per heavy atom. The highest BCUT2D eigenvalue weighted by Gasteiger charge is 2.31. The molecule has 9 nitrogen and oxygen atoms in total. The lowest BCUT2D eigenvalue weighted by Crippen LogP contribution is -2.30. The number of carbonyl (C=O) groups is 1. The van der Waals surface area contributed by atoms with Crippen molar-refractivity contribution >= 4 is 11.6 Å². The number of imidazole rings is 1.